The van der Waals surface area contributed by atoms with Gasteiger partial charge in [-0.15, -0.1) is 0 Å². The van der Waals surface area contributed by atoms with Gasteiger partial charge < -0.3 is 21.5 Å². The van der Waals surface area contributed by atoms with Crippen molar-refractivity contribution in [3.63, 3.8) is 0 Å². The van der Waals surface area contributed by atoms with Crippen LogP contribution in [0.2, 0.25) is 5.02 Å². The van der Waals surface area contributed by atoms with Gasteiger partial charge in [0.05, 0.1) is 12.8 Å². The van der Waals surface area contributed by atoms with E-state index >= 15 is 0 Å². The SMILES string of the molecule is CCCNC(=O)/C(N)=C/c1cccc(-c2cc(Cl)ccc2OC)c1N. The Hall–Kier alpha value is -2.66. The van der Waals surface area contributed by atoms with E-state index in [1.807, 2.05) is 19.1 Å². The van der Waals surface area contributed by atoms with E-state index in [1.165, 1.54) is 0 Å². The highest BCUT2D eigenvalue weighted by atomic mass is 35.5. The molecule has 0 radical (unpaired) electrons. The van der Waals surface area contributed by atoms with Gasteiger partial charge in [0.2, 0.25) is 0 Å². The van der Waals surface area contributed by atoms with Crippen LogP contribution >= 0.6 is 11.6 Å². The van der Waals surface area contributed by atoms with Crippen LogP contribution in [0.5, 0.6) is 5.75 Å². The average Bonchev–Trinajstić information content (AvgIpc) is 2.61. The van der Waals surface area contributed by atoms with Gasteiger partial charge in [-0.25, -0.2) is 0 Å². The molecule has 2 rings (SSSR count). The van der Waals surface area contributed by atoms with Gasteiger partial charge >= 0.3 is 0 Å². The zero-order valence-electron chi connectivity index (χ0n) is 14.3. The lowest BCUT2D eigenvalue weighted by Crippen LogP contribution is -2.29. The molecule has 132 valence electrons. The molecule has 0 heterocycles. The summed E-state index contributed by atoms with van der Waals surface area (Å²) in [6.07, 6.45) is 2.41. The first-order chi connectivity index (χ1) is 12.0. The molecule has 2 aromatic rings. The second kappa shape index (κ2) is 8.44. The minimum atomic E-state index is -0.313. The maximum Gasteiger partial charge on any atom is 0.267 e. The summed E-state index contributed by atoms with van der Waals surface area (Å²) in [5.41, 5.74) is 15.0. The zero-order valence-corrected chi connectivity index (χ0v) is 15.1. The number of carbonyl (C=O) groups is 1. The van der Waals surface area contributed by atoms with Crippen molar-refractivity contribution < 1.29 is 9.53 Å². The highest BCUT2D eigenvalue weighted by Crippen LogP contribution is 2.37. The van der Waals surface area contributed by atoms with Gasteiger partial charge in [0.15, 0.2) is 0 Å². The molecule has 0 aliphatic heterocycles. The molecule has 0 aliphatic carbocycles. The van der Waals surface area contributed by atoms with Gasteiger partial charge in [-0.05, 0) is 30.7 Å². The number of nitrogens with two attached hydrogens (primary N) is 2. The van der Waals surface area contributed by atoms with Crippen molar-refractivity contribution in [2.75, 3.05) is 19.4 Å². The summed E-state index contributed by atoms with van der Waals surface area (Å²) in [5.74, 6) is 0.345. The highest BCUT2D eigenvalue weighted by molar-refractivity contribution is 6.31. The van der Waals surface area contributed by atoms with Crippen LogP contribution in [0.25, 0.3) is 17.2 Å². The first-order valence-electron chi connectivity index (χ1n) is 7.95. The van der Waals surface area contributed by atoms with Crippen LogP contribution in [0.15, 0.2) is 42.1 Å². The Kier molecular flexibility index (Phi) is 6.31. The summed E-state index contributed by atoms with van der Waals surface area (Å²) < 4.78 is 5.39. The number of hydrogen-bond donors (Lipinski definition) is 3. The van der Waals surface area contributed by atoms with E-state index in [1.54, 1.807) is 37.5 Å². The van der Waals surface area contributed by atoms with Gasteiger partial charge in [0.25, 0.3) is 5.91 Å². The molecule has 2 aromatic carbocycles. The molecule has 25 heavy (non-hydrogen) atoms. The number of anilines is 1. The van der Waals surface area contributed by atoms with E-state index in [0.717, 1.165) is 17.5 Å². The van der Waals surface area contributed by atoms with Crippen molar-refractivity contribution in [1.29, 1.82) is 0 Å². The predicted octanol–water partition coefficient (Wildman–Crippen LogP) is 3.42. The van der Waals surface area contributed by atoms with Crippen LogP contribution in [0, 0.1) is 0 Å². The third kappa shape index (κ3) is 4.45. The Balaban J connectivity index is 2.44. The number of hydrogen-bond acceptors (Lipinski definition) is 4. The molecular formula is C19H22ClN3O2. The summed E-state index contributed by atoms with van der Waals surface area (Å²) in [5, 5.41) is 3.31. The first kappa shape index (κ1) is 18.7. The first-order valence-corrected chi connectivity index (χ1v) is 8.33. The normalized spacial score (nSPS) is 11.2. The van der Waals surface area contributed by atoms with E-state index < -0.39 is 0 Å². The van der Waals surface area contributed by atoms with Crippen LogP contribution in [0.3, 0.4) is 0 Å². The Bertz CT molecular complexity index is 803. The number of ether oxygens (including phenoxy) is 1. The second-order valence-electron chi connectivity index (χ2n) is 5.51. The van der Waals surface area contributed by atoms with Gasteiger partial charge in [-0.1, -0.05) is 36.7 Å². The van der Waals surface area contributed by atoms with Crippen molar-refractivity contribution in [3.8, 4) is 16.9 Å². The van der Waals surface area contributed by atoms with Crippen molar-refractivity contribution in [3.05, 3.63) is 52.7 Å². The van der Waals surface area contributed by atoms with E-state index in [0.29, 0.717) is 28.6 Å². The molecule has 0 aliphatic rings. The number of amides is 1. The number of methoxy groups -OCH3 is 1. The molecule has 5 nitrogen and oxygen atoms in total. The standard InChI is InChI=1S/C19H22ClN3O2/c1-3-9-23-19(24)16(21)10-12-5-4-6-14(18(12)22)15-11-13(20)7-8-17(15)25-2/h4-8,10-11H,3,9,21-22H2,1-2H3,(H,23,24)/b16-10-. The summed E-state index contributed by atoms with van der Waals surface area (Å²) in [6, 6.07) is 10.8. The number of halogens is 1. The minimum absolute atomic E-state index is 0.107. The summed E-state index contributed by atoms with van der Waals surface area (Å²) in [4.78, 5) is 11.9. The Morgan fingerprint density at radius 1 is 1.28 bits per heavy atom. The summed E-state index contributed by atoms with van der Waals surface area (Å²) in [6.45, 7) is 2.54. The van der Waals surface area contributed by atoms with Crippen LogP contribution in [-0.2, 0) is 4.79 Å². The van der Waals surface area contributed by atoms with Gasteiger partial charge in [-0.2, -0.15) is 0 Å². The van der Waals surface area contributed by atoms with Crippen LogP contribution in [-0.4, -0.2) is 19.6 Å². The Labute approximate surface area is 152 Å². The lowest BCUT2D eigenvalue weighted by Gasteiger charge is -2.13. The number of nitrogens with one attached hydrogen (secondary N) is 1. The quantitative estimate of drug-likeness (QED) is 0.544. The number of carbonyl (C=O) groups excluding carboxylic acids is 1. The van der Waals surface area contributed by atoms with E-state index in [-0.39, 0.29) is 11.6 Å². The van der Waals surface area contributed by atoms with Crippen molar-refractivity contribution >= 4 is 29.3 Å². The molecule has 1 amide bonds. The molecule has 5 N–H and O–H groups in total. The molecular weight excluding hydrogens is 338 g/mol. The van der Waals surface area contributed by atoms with Crippen LogP contribution in [0.4, 0.5) is 5.69 Å². The van der Waals surface area contributed by atoms with Crippen LogP contribution in [0.1, 0.15) is 18.9 Å². The highest BCUT2D eigenvalue weighted by Gasteiger charge is 2.13. The molecule has 0 atom stereocenters. The van der Waals surface area contributed by atoms with Crippen molar-refractivity contribution in [1.82, 2.24) is 5.32 Å². The lowest BCUT2D eigenvalue weighted by molar-refractivity contribution is -0.117. The molecule has 0 saturated heterocycles. The molecule has 0 spiro atoms. The largest absolute Gasteiger partial charge is 0.496 e. The summed E-state index contributed by atoms with van der Waals surface area (Å²) in [7, 11) is 1.59. The van der Waals surface area contributed by atoms with Crippen LogP contribution < -0.4 is 21.5 Å². The number of benzene rings is 2. The molecule has 0 unspecified atom stereocenters. The predicted molar refractivity (Wildman–Crippen MR) is 103 cm³/mol. The summed E-state index contributed by atoms with van der Waals surface area (Å²) >= 11 is 6.11. The van der Waals surface area contributed by atoms with Crippen molar-refractivity contribution in [2.24, 2.45) is 5.73 Å². The number of rotatable bonds is 6. The molecule has 0 fully saturated rings. The van der Waals surface area contributed by atoms with Gasteiger partial charge in [0, 0.05) is 33.9 Å². The fraction of sp³-hybridized carbons (Fsp3) is 0.211. The number of nitrogen functional groups attached to an aromatic ring is 1. The lowest BCUT2D eigenvalue weighted by atomic mass is 9.99. The minimum Gasteiger partial charge on any atom is -0.496 e. The molecule has 0 bridgehead atoms. The fourth-order valence-electron chi connectivity index (χ4n) is 2.41. The van der Waals surface area contributed by atoms with E-state index in [4.69, 9.17) is 27.8 Å². The van der Waals surface area contributed by atoms with Gasteiger partial charge in [-0.3, -0.25) is 4.79 Å². The Morgan fingerprint density at radius 3 is 2.72 bits per heavy atom. The Morgan fingerprint density at radius 2 is 2.04 bits per heavy atom. The third-order valence-electron chi connectivity index (χ3n) is 3.70. The molecule has 0 aromatic heterocycles. The van der Waals surface area contributed by atoms with E-state index in [9.17, 15) is 4.79 Å². The second-order valence-corrected chi connectivity index (χ2v) is 5.95. The van der Waals surface area contributed by atoms with Crippen molar-refractivity contribution in [2.45, 2.75) is 13.3 Å². The third-order valence-corrected chi connectivity index (χ3v) is 3.94. The average molecular weight is 360 g/mol. The maximum absolute atomic E-state index is 11.9. The number of para-hydroxylation sites is 1. The topological polar surface area (TPSA) is 90.4 Å². The zero-order chi connectivity index (χ0) is 18.4. The molecule has 6 heteroatoms. The maximum atomic E-state index is 11.9. The van der Waals surface area contributed by atoms with E-state index in [2.05, 4.69) is 5.32 Å². The monoisotopic (exact) mass is 359 g/mol. The van der Waals surface area contributed by atoms with Gasteiger partial charge in [0.1, 0.15) is 5.75 Å². The fourth-order valence-corrected chi connectivity index (χ4v) is 2.58. The molecule has 0 saturated carbocycles. The smallest absolute Gasteiger partial charge is 0.267 e.